The maximum Gasteiger partial charge on any atom is 0.107 e. The lowest BCUT2D eigenvalue weighted by atomic mass is 10.1. The second-order valence-corrected chi connectivity index (χ2v) is 7.69. The van der Waals surface area contributed by atoms with Crippen molar-refractivity contribution in [2.24, 2.45) is 0 Å². The molecule has 5 heteroatoms. The number of nitrogens with one attached hydrogen (secondary N) is 1. The lowest BCUT2D eigenvalue weighted by molar-refractivity contribution is 0.122. The van der Waals surface area contributed by atoms with Crippen LogP contribution in [0.2, 0.25) is 0 Å². The van der Waals surface area contributed by atoms with E-state index in [2.05, 4.69) is 54.0 Å². The normalized spacial score (nSPS) is 11.9. The number of hydrogen-bond acceptors (Lipinski definition) is 5. The molecule has 2 heterocycles. The van der Waals surface area contributed by atoms with Crippen molar-refractivity contribution >= 4 is 22.7 Å². The van der Waals surface area contributed by atoms with Crippen LogP contribution in [-0.4, -0.2) is 17.1 Å². The summed E-state index contributed by atoms with van der Waals surface area (Å²) >= 11 is 3.47. The van der Waals surface area contributed by atoms with Gasteiger partial charge in [0.15, 0.2) is 0 Å². The Hall–Kier alpha value is -0.750. The molecule has 0 aliphatic rings. The number of ether oxygens (including phenoxy) is 1. The molecule has 20 heavy (non-hydrogen) atoms. The predicted octanol–water partition coefficient (Wildman–Crippen LogP) is 3.85. The SMILES string of the molecule is CC(C)(C)NCc1nc(COCCc2cccs2)cs1. The van der Waals surface area contributed by atoms with Gasteiger partial charge in [0.25, 0.3) is 0 Å². The molecule has 0 radical (unpaired) electrons. The third kappa shape index (κ3) is 5.71. The first-order valence-corrected chi connectivity index (χ1v) is 8.57. The maximum atomic E-state index is 5.68. The van der Waals surface area contributed by atoms with Crippen molar-refractivity contribution < 1.29 is 4.74 Å². The molecule has 0 saturated carbocycles. The molecule has 3 nitrogen and oxygen atoms in total. The van der Waals surface area contributed by atoms with Gasteiger partial charge in [0.2, 0.25) is 0 Å². The van der Waals surface area contributed by atoms with E-state index in [0.29, 0.717) is 6.61 Å². The number of rotatable bonds is 7. The van der Waals surface area contributed by atoms with Gasteiger partial charge in [-0.15, -0.1) is 22.7 Å². The minimum absolute atomic E-state index is 0.128. The molecule has 0 atom stereocenters. The van der Waals surface area contributed by atoms with Crippen LogP contribution >= 0.6 is 22.7 Å². The molecule has 1 N–H and O–H groups in total. The Labute approximate surface area is 129 Å². The highest BCUT2D eigenvalue weighted by molar-refractivity contribution is 7.10. The molecule has 0 aliphatic carbocycles. The quantitative estimate of drug-likeness (QED) is 0.789. The smallest absolute Gasteiger partial charge is 0.107 e. The Morgan fingerprint density at radius 3 is 2.85 bits per heavy atom. The molecule has 2 aromatic rings. The van der Waals surface area contributed by atoms with Crippen LogP contribution in [0, 0.1) is 0 Å². The standard InChI is InChI=1S/C15H22N2OS2/c1-15(2,3)16-9-14-17-12(11-20-14)10-18-7-6-13-5-4-8-19-13/h4-5,8,11,16H,6-7,9-10H2,1-3H3. The Bertz CT molecular complexity index is 500. The van der Waals surface area contributed by atoms with Gasteiger partial charge in [-0.2, -0.15) is 0 Å². The van der Waals surface area contributed by atoms with Crippen LogP contribution in [0.3, 0.4) is 0 Å². The first-order valence-electron chi connectivity index (χ1n) is 6.81. The van der Waals surface area contributed by atoms with Crippen molar-refractivity contribution in [2.45, 2.75) is 45.9 Å². The summed E-state index contributed by atoms with van der Waals surface area (Å²) in [6.07, 6.45) is 0.986. The maximum absolute atomic E-state index is 5.68. The van der Waals surface area contributed by atoms with E-state index in [1.807, 2.05) is 0 Å². The number of thiazole rings is 1. The van der Waals surface area contributed by atoms with Gasteiger partial charge < -0.3 is 10.1 Å². The van der Waals surface area contributed by atoms with Crippen LogP contribution in [0.5, 0.6) is 0 Å². The second-order valence-electron chi connectivity index (χ2n) is 5.72. The fourth-order valence-corrected chi connectivity index (χ4v) is 3.05. The zero-order valence-electron chi connectivity index (χ0n) is 12.3. The highest BCUT2D eigenvalue weighted by atomic mass is 32.1. The summed E-state index contributed by atoms with van der Waals surface area (Å²) in [6, 6.07) is 4.22. The van der Waals surface area contributed by atoms with Crippen molar-refractivity contribution in [3.05, 3.63) is 38.5 Å². The van der Waals surface area contributed by atoms with E-state index < -0.39 is 0 Å². The minimum Gasteiger partial charge on any atom is -0.375 e. The Morgan fingerprint density at radius 2 is 2.15 bits per heavy atom. The summed E-state index contributed by atoms with van der Waals surface area (Å²) in [6.45, 7) is 8.67. The zero-order valence-corrected chi connectivity index (χ0v) is 13.9. The Morgan fingerprint density at radius 1 is 1.30 bits per heavy atom. The molecule has 2 rings (SSSR count). The van der Waals surface area contributed by atoms with Crippen LogP contribution in [-0.2, 0) is 24.3 Å². The van der Waals surface area contributed by atoms with E-state index in [9.17, 15) is 0 Å². The van der Waals surface area contributed by atoms with Crippen molar-refractivity contribution in [1.29, 1.82) is 0 Å². The first kappa shape index (κ1) is 15.6. The lowest BCUT2D eigenvalue weighted by Crippen LogP contribution is -2.35. The molecule has 0 saturated heterocycles. The second kappa shape index (κ2) is 7.31. The van der Waals surface area contributed by atoms with E-state index in [4.69, 9.17) is 4.74 Å². The molecule has 0 spiro atoms. The molecule has 110 valence electrons. The molecular weight excluding hydrogens is 288 g/mol. The van der Waals surface area contributed by atoms with Gasteiger partial charge in [-0.05, 0) is 32.2 Å². The topological polar surface area (TPSA) is 34.2 Å². The van der Waals surface area contributed by atoms with E-state index >= 15 is 0 Å². The summed E-state index contributed by atoms with van der Waals surface area (Å²) in [7, 11) is 0. The first-order chi connectivity index (χ1) is 9.53. The number of nitrogens with zero attached hydrogens (tertiary/aromatic N) is 1. The molecule has 2 aromatic heterocycles. The van der Waals surface area contributed by atoms with Crippen molar-refractivity contribution in [1.82, 2.24) is 10.3 Å². The van der Waals surface area contributed by atoms with Gasteiger partial charge in [0, 0.05) is 28.8 Å². The molecule has 0 fully saturated rings. The van der Waals surface area contributed by atoms with Crippen molar-refractivity contribution in [3.63, 3.8) is 0 Å². The molecule has 0 aromatic carbocycles. The molecule has 0 bridgehead atoms. The molecular formula is C15H22N2OS2. The minimum atomic E-state index is 0.128. The Balaban J connectivity index is 1.67. The van der Waals surface area contributed by atoms with Crippen molar-refractivity contribution in [3.8, 4) is 0 Å². The zero-order chi connectivity index (χ0) is 14.4. The number of hydrogen-bond donors (Lipinski definition) is 1. The van der Waals surface area contributed by atoms with Crippen LogP contribution in [0.15, 0.2) is 22.9 Å². The van der Waals surface area contributed by atoms with Gasteiger partial charge in [0.05, 0.1) is 18.9 Å². The number of aromatic nitrogens is 1. The predicted molar refractivity (Wildman–Crippen MR) is 86.4 cm³/mol. The average Bonchev–Trinajstić information content (AvgIpc) is 3.03. The van der Waals surface area contributed by atoms with Crippen molar-refractivity contribution in [2.75, 3.05) is 6.61 Å². The average molecular weight is 310 g/mol. The third-order valence-corrected chi connectivity index (χ3v) is 4.53. The monoisotopic (exact) mass is 310 g/mol. The van der Waals surface area contributed by atoms with E-state index in [1.165, 1.54) is 4.88 Å². The van der Waals surface area contributed by atoms with Crippen LogP contribution in [0.25, 0.3) is 0 Å². The van der Waals surface area contributed by atoms with Gasteiger partial charge >= 0.3 is 0 Å². The number of thiophene rings is 1. The summed E-state index contributed by atoms with van der Waals surface area (Å²) in [5, 5.41) is 8.76. The fourth-order valence-electron chi connectivity index (χ4n) is 1.64. The molecule has 0 unspecified atom stereocenters. The van der Waals surface area contributed by atoms with Gasteiger partial charge in [-0.25, -0.2) is 4.98 Å². The van der Waals surface area contributed by atoms with E-state index in [0.717, 1.165) is 30.3 Å². The largest absolute Gasteiger partial charge is 0.375 e. The highest BCUT2D eigenvalue weighted by Gasteiger charge is 2.10. The van der Waals surface area contributed by atoms with Gasteiger partial charge in [-0.1, -0.05) is 6.07 Å². The van der Waals surface area contributed by atoms with E-state index in [1.54, 1.807) is 22.7 Å². The fraction of sp³-hybridized carbons (Fsp3) is 0.533. The summed E-state index contributed by atoms with van der Waals surface area (Å²) < 4.78 is 5.68. The molecule has 0 aliphatic heterocycles. The highest BCUT2D eigenvalue weighted by Crippen LogP contribution is 2.13. The Kier molecular flexibility index (Phi) is 5.72. The molecule has 0 amide bonds. The summed E-state index contributed by atoms with van der Waals surface area (Å²) in [4.78, 5) is 5.95. The summed E-state index contributed by atoms with van der Waals surface area (Å²) in [5.74, 6) is 0. The van der Waals surface area contributed by atoms with Crippen LogP contribution in [0.1, 0.15) is 36.3 Å². The van der Waals surface area contributed by atoms with Gasteiger partial charge in [-0.3, -0.25) is 0 Å². The van der Waals surface area contributed by atoms with Gasteiger partial charge in [0.1, 0.15) is 5.01 Å². The lowest BCUT2D eigenvalue weighted by Gasteiger charge is -2.19. The van der Waals surface area contributed by atoms with Crippen LogP contribution < -0.4 is 5.32 Å². The third-order valence-electron chi connectivity index (χ3n) is 2.69. The van der Waals surface area contributed by atoms with E-state index in [-0.39, 0.29) is 5.54 Å². The summed E-state index contributed by atoms with van der Waals surface area (Å²) in [5.41, 5.74) is 1.16. The van der Waals surface area contributed by atoms with Crippen LogP contribution in [0.4, 0.5) is 0 Å².